The monoisotopic (exact) mass is 366 g/mol. The Hall–Kier alpha value is -2.51. The number of benzene rings is 1. The molecule has 1 fully saturated rings. The minimum Gasteiger partial charge on any atom is -0.378 e. The second-order valence-corrected chi connectivity index (χ2v) is 7.53. The minimum absolute atomic E-state index is 0.0179. The molecule has 1 N–H and O–H groups in total. The molecule has 2 aliphatic rings. The highest BCUT2D eigenvalue weighted by molar-refractivity contribution is 7.17. The van der Waals surface area contributed by atoms with Crippen LogP contribution in [-0.4, -0.2) is 48.7 Å². The van der Waals surface area contributed by atoms with E-state index in [1.807, 2.05) is 12.3 Å². The van der Waals surface area contributed by atoms with Crippen molar-refractivity contribution < 1.29 is 9.53 Å². The first kappa shape index (κ1) is 15.7. The highest BCUT2D eigenvalue weighted by Crippen LogP contribution is 2.37. The zero-order valence-electron chi connectivity index (χ0n) is 14.1. The topological polar surface area (TPSA) is 67.4 Å². The molecule has 1 aromatic carbocycles. The molecule has 6 nitrogen and oxygen atoms in total. The van der Waals surface area contributed by atoms with Crippen LogP contribution in [0.15, 0.2) is 36.7 Å². The number of morpholine rings is 1. The molecule has 3 aromatic rings. The number of ether oxygens (including phenoxy) is 1. The predicted molar refractivity (Wildman–Crippen MR) is 101 cm³/mol. The number of hydrogen-bond acceptors (Lipinski definition) is 6. The van der Waals surface area contributed by atoms with Gasteiger partial charge in [-0.2, -0.15) is 0 Å². The second kappa shape index (κ2) is 6.34. The van der Waals surface area contributed by atoms with E-state index < -0.39 is 0 Å². The number of pyridine rings is 1. The SMILES string of the molecule is O=C1NCC(c2ccc3ccncc3c2)c2nc(N3CCOCC3)sc21. The van der Waals surface area contributed by atoms with E-state index >= 15 is 0 Å². The lowest BCUT2D eigenvalue weighted by molar-refractivity contribution is 0.0946. The van der Waals surface area contributed by atoms with Gasteiger partial charge in [0.1, 0.15) is 4.88 Å². The van der Waals surface area contributed by atoms with Gasteiger partial charge in [-0.1, -0.05) is 23.5 Å². The Morgan fingerprint density at radius 3 is 2.96 bits per heavy atom. The molecular formula is C19H18N4O2S. The molecule has 1 saturated heterocycles. The van der Waals surface area contributed by atoms with Gasteiger partial charge >= 0.3 is 0 Å². The quantitative estimate of drug-likeness (QED) is 0.754. The number of rotatable bonds is 2. The summed E-state index contributed by atoms with van der Waals surface area (Å²) in [4.78, 5) is 24.4. The molecule has 132 valence electrons. The van der Waals surface area contributed by atoms with Crippen molar-refractivity contribution in [3.63, 3.8) is 0 Å². The average Bonchev–Trinajstić information content (AvgIpc) is 3.15. The number of amides is 1. The van der Waals surface area contributed by atoms with Gasteiger partial charge < -0.3 is 15.0 Å². The first-order chi connectivity index (χ1) is 12.8. The van der Waals surface area contributed by atoms with Crippen LogP contribution in [0, 0.1) is 0 Å². The fourth-order valence-electron chi connectivity index (χ4n) is 3.58. The fourth-order valence-corrected chi connectivity index (χ4v) is 4.67. The normalized spacial score (nSPS) is 20.1. The number of carbonyl (C=O) groups excluding carboxylic acids is 1. The van der Waals surface area contributed by atoms with Gasteiger partial charge in [0.05, 0.1) is 18.9 Å². The number of carbonyl (C=O) groups is 1. The maximum atomic E-state index is 12.4. The lowest BCUT2D eigenvalue weighted by Gasteiger charge is -2.26. The van der Waals surface area contributed by atoms with E-state index in [4.69, 9.17) is 9.72 Å². The number of hydrogen-bond donors (Lipinski definition) is 1. The minimum atomic E-state index is -0.0179. The van der Waals surface area contributed by atoms with Crippen molar-refractivity contribution in [3.05, 3.63) is 52.8 Å². The summed E-state index contributed by atoms with van der Waals surface area (Å²) in [5, 5.41) is 6.21. The molecular weight excluding hydrogens is 348 g/mol. The van der Waals surface area contributed by atoms with Crippen molar-refractivity contribution in [2.24, 2.45) is 0 Å². The van der Waals surface area contributed by atoms with Crippen molar-refractivity contribution >= 4 is 33.1 Å². The van der Waals surface area contributed by atoms with Crippen molar-refractivity contribution in [2.75, 3.05) is 37.7 Å². The third kappa shape index (κ3) is 2.64. The Kier molecular flexibility index (Phi) is 3.83. The maximum absolute atomic E-state index is 12.4. The van der Waals surface area contributed by atoms with Gasteiger partial charge in [-0.25, -0.2) is 4.98 Å². The van der Waals surface area contributed by atoms with E-state index in [1.165, 1.54) is 11.3 Å². The van der Waals surface area contributed by atoms with Crippen LogP contribution in [0.2, 0.25) is 0 Å². The fraction of sp³-hybridized carbons (Fsp3) is 0.316. The number of nitrogens with one attached hydrogen (secondary N) is 1. The molecule has 0 spiro atoms. The molecule has 26 heavy (non-hydrogen) atoms. The Morgan fingerprint density at radius 2 is 2.08 bits per heavy atom. The van der Waals surface area contributed by atoms with Crippen LogP contribution in [0.1, 0.15) is 26.8 Å². The maximum Gasteiger partial charge on any atom is 0.263 e. The van der Waals surface area contributed by atoms with E-state index in [-0.39, 0.29) is 11.8 Å². The lowest BCUT2D eigenvalue weighted by atomic mass is 9.91. The van der Waals surface area contributed by atoms with Crippen LogP contribution >= 0.6 is 11.3 Å². The highest BCUT2D eigenvalue weighted by atomic mass is 32.1. The van der Waals surface area contributed by atoms with Gasteiger partial charge in [0.15, 0.2) is 5.13 Å². The van der Waals surface area contributed by atoms with E-state index in [9.17, 15) is 4.79 Å². The van der Waals surface area contributed by atoms with E-state index in [1.54, 1.807) is 6.20 Å². The van der Waals surface area contributed by atoms with Gasteiger partial charge in [0.25, 0.3) is 5.91 Å². The van der Waals surface area contributed by atoms with Crippen molar-refractivity contribution in [2.45, 2.75) is 5.92 Å². The molecule has 1 amide bonds. The van der Waals surface area contributed by atoms with Gasteiger partial charge in [-0.05, 0) is 23.1 Å². The first-order valence-electron chi connectivity index (χ1n) is 8.75. The summed E-state index contributed by atoms with van der Waals surface area (Å²) < 4.78 is 5.43. The largest absolute Gasteiger partial charge is 0.378 e. The smallest absolute Gasteiger partial charge is 0.263 e. The first-order valence-corrected chi connectivity index (χ1v) is 9.56. The number of thiazole rings is 1. The van der Waals surface area contributed by atoms with E-state index in [2.05, 4.69) is 33.4 Å². The van der Waals surface area contributed by atoms with Crippen LogP contribution in [0.3, 0.4) is 0 Å². The zero-order chi connectivity index (χ0) is 17.5. The molecule has 0 aliphatic carbocycles. The van der Waals surface area contributed by atoms with Crippen molar-refractivity contribution in [3.8, 4) is 0 Å². The molecule has 4 heterocycles. The molecule has 0 saturated carbocycles. The average molecular weight is 366 g/mol. The highest BCUT2D eigenvalue weighted by Gasteiger charge is 2.32. The molecule has 7 heteroatoms. The number of nitrogens with zero attached hydrogens (tertiary/aromatic N) is 3. The van der Waals surface area contributed by atoms with Crippen LogP contribution in [-0.2, 0) is 4.74 Å². The van der Waals surface area contributed by atoms with Gasteiger partial charge in [0, 0.05) is 43.3 Å². The van der Waals surface area contributed by atoms with Crippen molar-refractivity contribution in [1.29, 1.82) is 0 Å². The molecule has 1 unspecified atom stereocenters. The lowest BCUT2D eigenvalue weighted by Crippen LogP contribution is -2.36. The Balaban J connectivity index is 1.55. The second-order valence-electron chi connectivity index (χ2n) is 6.56. The van der Waals surface area contributed by atoms with Gasteiger partial charge in [-0.3, -0.25) is 9.78 Å². The standard InChI is InChI=1S/C19H18N4O2S/c24-18-17-16(22-19(26-17)23-5-7-25-8-6-23)15(11-21-18)13-2-1-12-3-4-20-10-14(12)9-13/h1-4,9-10,15H,5-8,11H2,(H,21,24). The molecule has 0 radical (unpaired) electrons. The summed E-state index contributed by atoms with van der Waals surface area (Å²) >= 11 is 1.49. The van der Waals surface area contributed by atoms with Crippen molar-refractivity contribution in [1.82, 2.24) is 15.3 Å². The summed E-state index contributed by atoms with van der Waals surface area (Å²) in [6, 6.07) is 8.40. The van der Waals surface area contributed by atoms with Gasteiger partial charge in [0.2, 0.25) is 0 Å². The zero-order valence-corrected chi connectivity index (χ0v) is 15.0. The molecule has 2 aromatic heterocycles. The predicted octanol–water partition coefficient (Wildman–Crippen LogP) is 2.40. The van der Waals surface area contributed by atoms with E-state index in [0.29, 0.717) is 19.8 Å². The summed E-state index contributed by atoms with van der Waals surface area (Å²) in [6.07, 6.45) is 3.68. The Labute approximate surface area is 154 Å². The summed E-state index contributed by atoms with van der Waals surface area (Å²) in [7, 11) is 0. The summed E-state index contributed by atoms with van der Waals surface area (Å²) in [6.45, 7) is 3.62. The van der Waals surface area contributed by atoms with E-state index in [0.717, 1.165) is 45.1 Å². The summed E-state index contributed by atoms with van der Waals surface area (Å²) in [5.74, 6) is 0.0501. The number of fused-ring (bicyclic) bond motifs is 2. The third-order valence-electron chi connectivity index (χ3n) is 4.99. The van der Waals surface area contributed by atoms with Crippen LogP contribution in [0.4, 0.5) is 5.13 Å². The number of aromatic nitrogens is 2. The molecule has 1 atom stereocenters. The van der Waals surface area contributed by atoms with Crippen LogP contribution in [0.5, 0.6) is 0 Å². The third-order valence-corrected chi connectivity index (χ3v) is 6.12. The summed E-state index contributed by atoms with van der Waals surface area (Å²) in [5.41, 5.74) is 2.05. The molecule has 0 bridgehead atoms. The molecule has 5 rings (SSSR count). The Morgan fingerprint density at radius 1 is 1.19 bits per heavy atom. The number of anilines is 1. The van der Waals surface area contributed by atoms with Crippen LogP contribution < -0.4 is 10.2 Å². The molecule has 2 aliphatic heterocycles. The van der Waals surface area contributed by atoms with Gasteiger partial charge in [-0.15, -0.1) is 0 Å². The Bertz CT molecular complexity index is 981. The van der Waals surface area contributed by atoms with Crippen LogP contribution in [0.25, 0.3) is 10.8 Å².